The molecule has 2 N–H and O–H groups in total. The average molecular weight is 297 g/mol. The molecule has 21 heavy (non-hydrogen) atoms. The third kappa shape index (κ3) is 6.44. The maximum absolute atomic E-state index is 10.4. The van der Waals surface area contributed by atoms with E-state index in [1.54, 1.807) is 6.07 Å². The zero-order valence-corrected chi connectivity index (χ0v) is 12.3. The quantitative estimate of drug-likeness (QED) is 0.299. The molecular weight excluding hydrogens is 274 g/mol. The van der Waals surface area contributed by atoms with Crippen molar-refractivity contribution in [2.45, 2.75) is 45.1 Å². The summed E-state index contributed by atoms with van der Waals surface area (Å²) in [6.45, 7) is 2.59. The van der Waals surface area contributed by atoms with E-state index in [-0.39, 0.29) is 29.1 Å². The molecule has 0 fully saturated rings. The van der Waals surface area contributed by atoms with E-state index in [0.29, 0.717) is 19.4 Å². The number of phenolic OH excluding ortho intramolecular Hbond substituents is 2. The van der Waals surface area contributed by atoms with Gasteiger partial charge in [0.1, 0.15) is 0 Å². The molecule has 1 aromatic rings. The van der Waals surface area contributed by atoms with Crippen LogP contribution in [-0.2, 0) is 4.74 Å². The smallest absolute Gasteiger partial charge is 0.204 e. The van der Waals surface area contributed by atoms with Crippen LogP contribution in [0.25, 0.3) is 0 Å². The minimum absolute atomic E-state index is 0.0983. The van der Waals surface area contributed by atoms with Gasteiger partial charge in [-0.1, -0.05) is 25.8 Å². The molecule has 1 unspecified atom stereocenters. The summed E-state index contributed by atoms with van der Waals surface area (Å²) in [6, 6.07) is 4.53. The monoisotopic (exact) mass is 297 g/mol. The van der Waals surface area contributed by atoms with Gasteiger partial charge in [-0.3, -0.25) is 10.1 Å². The summed E-state index contributed by atoms with van der Waals surface area (Å²) in [6.07, 6.45) is 3.72. The van der Waals surface area contributed by atoms with Crippen LogP contribution in [0.1, 0.15) is 50.7 Å². The molecule has 0 bridgehead atoms. The first-order valence-corrected chi connectivity index (χ1v) is 7.30. The van der Waals surface area contributed by atoms with Crippen molar-refractivity contribution in [2.24, 2.45) is 0 Å². The van der Waals surface area contributed by atoms with Crippen LogP contribution in [-0.4, -0.2) is 28.3 Å². The molecule has 0 aliphatic heterocycles. The largest absolute Gasteiger partial charge is 0.504 e. The zero-order chi connectivity index (χ0) is 15.7. The van der Waals surface area contributed by atoms with Crippen molar-refractivity contribution >= 4 is 0 Å². The highest BCUT2D eigenvalue weighted by Crippen LogP contribution is 2.31. The second-order valence-corrected chi connectivity index (χ2v) is 5.01. The number of nitro groups is 1. The number of phenols is 2. The Balaban J connectivity index is 2.64. The summed E-state index contributed by atoms with van der Waals surface area (Å²) < 4.78 is 5.79. The van der Waals surface area contributed by atoms with Gasteiger partial charge in [0.2, 0.25) is 6.54 Å². The van der Waals surface area contributed by atoms with Crippen LogP contribution in [0.2, 0.25) is 0 Å². The third-order valence-corrected chi connectivity index (χ3v) is 3.25. The fourth-order valence-electron chi connectivity index (χ4n) is 2.07. The Morgan fingerprint density at radius 1 is 1.24 bits per heavy atom. The van der Waals surface area contributed by atoms with Gasteiger partial charge in [0.25, 0.3) is 0 Å². The molecule has 0 saturated heterocycles. The van der Waals surface area contributed by atoms with Crippen LogP contribution in [0, 0.1) is 10.1 Å². The van der Waals surface area contributed by atoms with Crippen LogP contribution in [0.5, 0.6) is 11.5 Å². The predicted molar refractivity (Wildman–Crippen MR) is 79.1 cm³/mol. The van der Waals surface area contributed by atoms with E-state index in [0.717, 1.165) is 24.8 Å². The van der Waals surface area contributed by atoms with Gasteiger partial charge in [0.05, 0.1) is 6.10 Å². The highest BCUT2D eigenvalue weighted by molar-refractivity contribution is 5.41. The third-order valence-electron chi connectivity index (χ3n) is 3.25. The highest BCUT2D eigenvalue weighted by Gasteiger charge is 2.15. The number of unbranched alkanes of at least 4 members (excludes halogenated alkanes) is 2. The maximum atomic E-state index is 10.4. The summed E-state index contributed by atoms with van der Waals surface area (Å²) in [7, 11) is 0. The molecule has 0 heterocycles. The van der Waals surface area contributed by atoms with E-state index in [9.17, 15) is 20.3 Å². The Hall–Kier alpha value is -1.82. The predicted octanol–water partition coefficient (Wildman–Crippen LogP) is 3.40. The van der Waals surface area contributed by atoms with Gasteiger partial charge in [-0.15, -0.1) is 0 Å². The van der Waals surface area contributed by atoms with Crippen molar-refractivity contribution in [1.29, 1.82) is 0 Å². The summed E-state index contributed by atoms with van der Waals surface area (Å²) in [5, 5.41) is 29.3. The lowest BCUT2D eigenvalue weighted by molar-refractivity contribution is -0.480. The lowest BCUT2D eigenvalue weighted by Gasteiger charge is -2.18. The number of aromatic hydroxyl groups is 2. The van der Waals surface area contributed by atoms with Crippen LogP contribution in [0.3, 0.4) is 0 Å². The molecule has 6 heteroatoms. The Labute approximate surface area is 124 Å². The molecule has 0 aliphatic carbocycles. The van der Waals surface area contributed by atoms with Gasteiger partial charge >= 0.3 is 0 Å². The molecule has 6 nitrogen and oxygen atoms in total. The Morgan fingerprint density at radius 2 is 2.00 bits per heavy atom. The number of hydrogen-bond acceptors (Lipinski definition) is 5. The van der Waals surface area contributed by atoms with Gasteiger partial charge < -0.3 is 14.9 Å². The van der Waals surface area contributed by atoms with Crippen molar-refractivity contribution in [3.05, 3.63) is 33.9 Å². The summed E-state index contributed by atoms with van der Waals surface area (Å²) in [4.78, 5) is 10.1. The molecule has 1 atom stereocenters. The molecule has 0 amide bonds. The molecule has 0 aromatic heterocycles. The number of ether oxygens (including phenoxy) is 1. The fraction of sp³-hybridized carbons (Fsp3) is 0.600. The second-order valence-electron chi connectivity index (χ2n) is 5.01. The van der Waals surface area contributed by atoms with E-state index in [4.69, 9.17) is 4.74 Å². The van der Waals surface area contributed by atoms with Crippen molar-refractivity contribution < 1.29 is 19.9 Å². The molecule has 118 valence electrons. The van der Waals surface area contributed by atoms with E-state index in [1.807, 2.05) is 0 Å². The van der Waals surface area contributed by atoms with Crippen LogP contribution in [0.15, 0.2) is 18.2 Å². The van der Waals surface area contributed by atoms with Gasteiger partial charge in [0, 0.05) is 18.0 Å². The molecule has 1 aromatic carbocycles. The minimum Gasteiger partial charge on any atom is -0.504 e. The lowest BCUT2D eigenvalue weighted by Crippen LogP contribution is -2.09. The highest BCUT2D eigenvalue weighted by atomic mass is 16.6. The summed E-state index contributed by atoms with van der Waals surface area (Å²) >= 11 is 0. The van der Waals surface area contributed by atoms with E-state index in [2.05, 4.69) is 6.92 Å². The average Bonchev–Trinajstić information content (AvgIpc) is 2.44. The minimum atomic E-state index is -0.345. The van der Waals surface area contributed by atoms with Crippen LogP contribution >= 0.6 is 0 Å². The normalized spacial score (nSPS) is 12.2. The molecule has 0 spiro atoms. The van der Waals surface area contributed by atoms with Gasteiger partial charge in [-0.2, -0.15) is 0 Å². The molecular formula is C15H23NO5. The lowest BCUT2D eigenvalue weighted by atomic mass is 10.0. The second kappa shape index (κ2) is 9.18. The SMILES string of the molecule is CCCCCOC(CCC[N+](=O)[O-])c1ccc(O)c(O)c1. The van der Waals surface area contributed by atoms with Crippen LogP contribution < -0.4 is 0 Å². The van der Waals surface area contributed by atoms with Crippen molar-refractivity contribution in [1.82, 2.24) is 0 Å². The number of nitrogens with zero attached hydrogens (tertiary/aromatic N) is 1. The Bertz CT molecular complexity index is 450. The topological polar surface area (TPSA) is 92.8 Å². The number of rotatable bonds is 10. The first-order valence-electron chi connectivity index (χ1n) is 7.30. The first-order chi connectivity index (χ1) is 10.0. The number of benzene rings is 1. The van der Waals surface area contributed by atoms with Crippen molar-refractivity contribution in [2.75, 3.05) is 13.2 Å². The molecule has 0 aliphatic rings. The number of hydrogen-bond donors (Lipinski definition) is 2. The summed E-state index contributed by atoms with van der Waals surface area (Å²) in [5.41, 5.74) is 0.727. The van der Waals surface area contributed by atoms with Gasteiger partial charge in [0.15, 0.2) is 11.5 Å². The van der Waals surface area contributed by atoms with Gasteiger partial charge in [-0.05, 0) is 30.5 Å². The maximum Gasteiger partial charge on any atom is 0.204 e. The molecule has 0 saturated carbocycles. The first kappa shape index (κ1) is 17.2. The van der Waals surface area contributed by atoms with Gasteiger partial charge in [-0.25, -0.2) is 0 Å². The van der Waals surface area contributed by atoms with Crippen molar-refractivity contribution in [3.8, 4) is 11.5 Å². The van der Waals surface area contributed by atoms with Crippen LogP contribution in [0.4, 0.5) is 0 Å². The molecule has 1 rings (SSSR count). The Morgan fingerprint density at radius 3 is 2.62 bits per heavy atom. The van der Waals surface area contributed by atoms with E-state index >= 15 is 0 Å². The summed E-state index contributed by atoms with van der Waals surface area (Å²) in [5.74, 6) is -0.391. The zero-order valence-electron chi connectivity index (χ0n) is 12.3. The van der Waals surface area contributed by atoms with Crippen molar-refractivity contribution in [3.63, 3.8) is 0 Å². The standard InChI is InChI=1S/C15H23NO5/c1-2-3-4-10-21-15(6-5-9-16(19)20)12-7-8-13(17)14(18)11-12/h7-8,11,15,17-18H,2-6,9-10H2,1H3. The van der Waals surface area contributed by atoms with E-state index < -0.39 is 0 Å². The molecule has 0 radical (unpaired) electrons. The Kier molecular flexibility index (Phi) is 7.53. The fourth-order valence-corrected chi connectivity index (χ4v) is 2.07. The van der Waals surface area contributed by atoms with E-state index in [1.165, 1.54) is 12.1 Å².